The fourth-order valence-corrected chi connectivity index (χ4v) is 3.62. The largest absolute Gasteiger partial charge is 0.296 e. The number of halogens is 1. The molecule has 0 aliphatic carbocycles. The van der Waals surface area contributed by atoms with Crippen molar-refractivity contribution in [1.29, 1.82) is 0 Å². The van der Waals surface area contributed by atoms with Crippen molar-refractivity contribution < 1.29 is 9.18 Å². The first kappa shape index (κ1) is 13.5. The number of nitrogens with zero attached hydrogens (tertiary/aromatic N) is 1. The molecule has 2 heterocycles. The highest BCUT2D eigenvalue weighted by molar-refractivity contribution is 6.04. The minimum Gasteiger partial charge on any atom is -0.296 e. The maximum atomic E-state index is 13.1. The molecule has 0 saturated carbocycles. The maximum absolute atomic E-state index is 13.1. The van der Waals surface area contributed by atoms with E-state index in [1.54, 1.807) is 12.1 Å². The number of carbonyl (C=O) groups excluding carboxylic acids is 1. The van der Waals surface area contributed by atoms with Crippen LogP contribution in [0.1, 0.15) is 38.2 Å². The summed E-state index contributed by atoms with van der Waals surface area (Å²) in [7, 11) is 2.12. The molecule has 3 heteroatoms. The molecule has 2 atom stereocenters. The van der Waals surface area contributed by atoms with Crippen LogP contribution in [0.15, 0.2) is 29.8 Å². The fourth-order valence-electron chi connectivity index (χ4n) is 3.62. The number of benzene rings is 1. The summed E-state index contributed by atoms with van der Waals surface area (Å²) in [5.74, 6) is 0.00939. The van der Waals surface area contributed by atoms with E-state index < -0.39 is 0 Å². The second-order valence-electron chi connectivity index (χ2n) is 5.79. The van der Waals surface area contributed by atoms with Crippen molar-refractivity contribution >= 4 is 11.4 Å². The van der Waals surface area contributed by atoms with Gasteiger partial charge in [-0.05, 0) is 49.6 Å². The van der Waals surface area contributed by atoms with Gasteiger partial charge in [-0.2, -0.15) is 0 Å². The first-order chi connectivity index (χ1) is 9.61. The zero-order valence-corrected chi connectivity index (χ0v) is 12.0. The van der Waals surface area contributed by atoms with E-state index in [1.165, 1.54) is 12.1 Å². The standard InChI is InChI=1S/C17H20FNO/c1-3-16(20)17-14(11-4-6-12(18)7-5-11)10-13-8-9-15(17)19(13)2/h4-7,13,15H,3,8-10H2,1-2H3/t13-,15+/m0/s1. The van der Waals surface area contributed by atoms with Gasteiger partial charge >= 0.3 is 0 Å². The molecular formula is C17H20FNO. The van der Waals surface area contributed by atoms with Gasteiger partial charge in [0.25, 0.3) is 0 Å². The first-order valence-corrected chi connectivity index (χ1v) is 7.36. The molecule has 2 aliphatic rings. The molecule has 2 nitrogen and oxygen atoms in total. The van der Waals surface area contributed by atoms with Crippen molar-refractivity contribution in [2.45, 2.75) is 44.7 Å². The van der Waals surface area contributed by atoms with E-state index in [9.17, 15) is 9.18 Å². The zero-order chi connectivity index (χ0) is 14.3. The molecule has 106 valence electrons. The van der Waals surface area contributed by atoms with E-state index in [2.05, 4.69) is 11.9 Å². The van der Waals surface area contributed by atoms with Gasteiger partial charge in [0.05, 0.1) is 0 Å². The van der Waals surface area contributed by atoms with Crippen LogP contribution in [0.25, 0.3) is 5.57 Å². The van der Waals surface area contributed by atoms with Gasteiger partial charge < -0.3 is 0 Å². The monoisotopic (exact) mass is 273 g/mol. The molecule has 1 saturated heterocycles. The lowest BCUT2D eigenvalue weighted by Crippen LogP contribution is -2.39. The Morgan fingerprint density at radius 3 is 2.65 bits per heavy atom. The average molecular weight is 273 g/mol. The average Bonchev–Trinajstić information content (AvgIpc) is 2.70. The van der Waals surface area contributed by atoms with Crippen LogP contribution >= 0.6 is 0 Å². The van der Waals surface area contributed by atoms with Gasteiger partial charge in [0.2, 0.25) is 0 Å². The lowest BCUT2D eigenvalue weighted by atomic mass is 9.86. The Hall–Kier alpha value is -1.48. The topological polar surface area (TPSA) is 20.3 Å². The van der Waals surface area contributed by atoms with Crippen molar-refractivity contribution in [2.75, 3.05) is 7.05 Å². The SMILES string of the molecule is CCC(=O)C1=C(c2ccc(F)cc2)C[C@@H]2CC[C@H]1N2C. The normalized spacial score (nSPS) is 26.1. The molecular weight excluding hydrogens is 253 g/mol. The van der Waals surface area contributed by atoms with Gasteiger partial charge in [-0.25, -0.2) is 4.39 Å². The van der Waals surface area contributed by atoms with Crippen molar-refractivity contribution in [3.05, 3.63) is 41.2 Å². The number of hydrogen-bond acceptors (Lipinski definition) is 2. The molecule has 2 bridgehead atoms. The van der Waals surface area contributed by atoms with E-state index in [4.69, 9.17) is 0 Å². The first-order valence-electron chi connectivity index (χ1n) is 7.36. The Kier molecular flexibility index (Phi) is 3.47. The highest BCUT2D eigenvalue weighted by Gasteiger charge is 2.41. The molecule has 1 fully saturated rings. The van der Waals surface area contributed by atoms with Crippen LogP contribution in [0.3, 0.4) is 0 Å². The van der Waals surface area contributed by atoms with Gasteiger partial charge in [0.15, 0.2) is 5.78 Å². The minimum absolute atomic E-state index is 0.228. The lowest BCUT2D eigenvalue weighted by molar-refractivity contribution is -0.115. The second kappa shape index (κ2) is 5.13. The number of ketones is 1. The number of carbonyl (C=O) groups is 1. The number of likely N-dealkylation sites (N-methyl/N-ethyl adjacent to an activating group) is 1. The van der Waals surface area contributed by atoms with Gasteiger partial charge in [0.1, 0.15) is 5.82 Å². The molecule has 3 rings (SSSR count). The molecule has 0 aromatic heterocycles. The third kappa shape index (κ3) is 2.10. The third-order valence-corrected chi connectivity index (χ3v) is 4.75. The molecule has 1 aromatic carbocycles. The summed E-state index contributed by atoms with van der Waals surface area (Å²) in [5.41, 5.74) is 3.12. The van der Waals surface area contributed by atoms with Crippen LogP contribution in [0.4, 0.5) is 4.39 Å². The number of hydrogen-bond donors (Lipinski definition) is 0. The number of rotatable bonds is 3. The van der Waals surface area contributed by atoms with E-state index in [0.717, 1.165) is 36.0 Å². The molecule has 20 heavy (non-hydrogen) atoms. The van der Waals surface area contributed by atoms with Gasteiger partial charge in [-0.3, -0.25) is 9.69 Å². The maximum Gasteiger partial charge on any atom is 0.160 e. The van der Waals surface area contributed by atoms with Gasteiger partial charge in [0, 0.05) is 24.1 Å². The van der Waals surface area contributed by atoms with Crippen molar-refractivity contribution in [3.8, 4) is 0 Å². The Morgan fingerprint density at radius 1 is 1.30 bits per heavy atom. The molecule has 0 amide bonds. The predicted octanol–water partition coefficient (Wildman–Crippen LogP) is 3.42. The number of fused-ring (bicyclic) bond motifs is 2. The van der Waals surface area contributed by atoms with E-state index in [-0.39, 0.29) is 17.6 Å². The molecule has 0 radical (unpaired) electrons. The van der Waals surface area contributed by atoms with Crippen LogP contribution < -0.4 is 0 Å². The summed E-state index contributed by atoms with van der Waals surface area (Å²) in [4.78, 5) is 14.7. The van der Waals surface area contributed by atoms with Crippen LogP contribution in [-0.2, 0) is 4.79 Å². The van der Waals surface area contributed by atoms with Crippen LogP contribution in [0.5, 0.6) is 0 Å². The molecule has 0 unspecified atom stereocenters. The second-order valence-corrected chi connectivity index (χ2v) is 5.79. The highest BCUT2D eigenvalue weighted by Crippen LogP contribution is 2.42. The van der Waals surface area contributed by atoms with Crippen LogP contribution in [0.2, 0.25) is 0 Å². The van der Waals surface area contributed by atoms with Gasteiger partial charge in [-0.1, -0.05) is 19.1 Å². The van der Waals surface area contributed by atoms with E-state index >= 15 is 0 Å². The Bertz CT molecular complexity index is 561. The summed E-state index contributed by atoms with van der Waals surface area (Å²) in [6.07, 6.45) is 3.65. The Labute approximate surface area is 119 Å². The molecule has 0 spiro atoms. The Morgan fingerprint density at radius 2 is 2.00 bits per heavy atom. The zero-order valence-electron chi connectivity index (χ0n) is 12.0. The van der Waals surface area contributed by atoms with Crippen molar-refractivity contribution in [1.82, 2.24) is 4.90 Å². The highest BCUT2D eigenvalue weighted by atomic mass is 19.1. The molecule has 1 aromatic rings. The fraction of sp³-hybridized carbons (Fsp3) is 0.471. The number of Topliss-reactive ketones (excluding diaryl/α,β-unsaturated/α-hetero) is 1. The Balaban J connectivity index is 2.10. The summed E-state index contributed by atoms with van der Waals surface area (Å²) < 4.78 is 13.1. The summed E-state index contributed by atoms with van der Waals surface area (Å²) in [6.45, 7) is 1.92. The smallest absolute Gasteiger partial charge is 0.160 e. The van der Waals surface area contributed by atoms with E-state index in [0.29, 0.717) is 12.5 Å². The summed E-state index contributed by atoms with van der Waals surface area (Å²) >= 11 is 0. The predicted molar refractivity (Wildman–Crippen MR) is 77.8 cm³/mol. The van der Waals surface area contributed by atoms with E-state index in [1.807, 2.05) is 6.92 Å². The van der Waals surface area contributed by atoms with Crippen molar-refractivity contribution in [2.24, 2.45) is 0 Å². The van der Waals surface area contributed by atoms with Crippen LogP contribution in [0, 0.1) is 5.82 Å². The molecule has 2 aliphatic heterocycles. The van der Waals surface area contributed by atoms with Crippen LogP contribution in [-0.4, -0.2) is 29.8 Å². The quantitative estimate of drug-likeness (QED) is 0.841. The summed E-state index contributed by atoms with van der Waals surface area (Å²) in [5, 5.41) is 0. The van der Waals surface area contributed by atoms with Crippen molar-refractivity contribution in [3.63, 3.8) is 0 Å². The third-order valence-electron chi connectivity index (χ3n) is 4.75. The lowest BCUT2D eigenvalue weighted by Gasteiger charge is -2.34. The minimum atomic E-state index is -0.228. The summed E-state index contributed by atoms with van der Waals surface area (Å²) in [6, 6.07) is 7.35. The van der Waals surface area contributed by atoms with Gasteiger partial charge in [-0.15, -0.1) is 0 Å². The molecule has 0 N–H and O–H groups in total.